The molecule has 30 heavy (non-hydrogen) atoms. The normalized spacial score (nSPS) is 14.1. The lowest BCUT2D eigenvalue weighted by atomic mass is 9.97. The smallest absolute Gasteiger partial charge is 0.311 e. The van der Waals surface area contributed by atoms with Crippen LogP contribution in [0.25, 0.3) is 11.1 Å². The van der Waals surface area contributed by atoms with E-state index in [1.54, 1.807) is 0 Å². The number of benzene rings is 2. The standard InChI is InChI=1S/C25H31NO4/c1-24(2,3)23(28)30-16(14-26-25(4,5)6)15-29-20-13-9-12-19-21(20)17-10-7-8-11-18(17)22(19)27/h7-13,16,26H,14-15H2,1-6H3. The Morgan fingerprint density at radius 2 is 1.57 bits per heavy atom. The quantitative estimate of drug-likeness (QED) is 0.602. The number of ether oxygens (including phenoxy) is 2. The fraction of sp³-hybridized carbons (Fsp3) is 0.440. The van der Waals surface area contributed by atoms with Crippen LogP contribution in [-0.2, 0) is 9.53 Å². The summed E-state index contributed by atoms with van der Waals surface area (Å²) >= 11 is 0. The van der Waals surface area contributed by atoms with E-state index >= 15 is 0 Å². The SMILES string of the molecule is CC(C)(C)NCC(COc1cccc2c1-c1ccccc1C2=O)OC(=O)C(C)(C)C. The molecule has 3 rings (SSSR count). The summed E-state index contributed by atoms with van der Waals surface area (Å²) in [5.41, 5.74) is 2.30. The van der Waals surface area contributed by atoms with Crippen molar-refractivity contribution in [1.82, 2.24) is 5.32 Å². The second-order valence-corrected chi connectivity index (χ2v) is 9.77. The molecule has 2 aromatic rings. The van der Waals surface area contributed by atoms with Gasteiger partial charge in [0.1, 0.15) is 18.5 Å². The Balaban J connectivity index is 1.81. The Morgan fingerprint density at radius 3 is 2.20 bits per heavy atom. The van der Waals surface area contributed by atoms with E-state index < -0.39 is 11.5 Å². The molecule has 0 saturated heterocycles. The van der Waals surface area contributed by atoms with E-state index in [1.165, 1.54) is 0 Å². The summed E-state index contributed by atoms with van der Waals surface area (Å²) in [4.78, 5) is 25.2. The summed E-state index contributed by atoms with van der Waals surface area (Å²) in [5, 5.41) is 3.38. The highest BCUT2D eigenvalue weighted by Gasteiger charge is 2.30. The molecule has 1 aliphatic rings. The number of rotatable bonds is 6. The van der Waals surface area contributed by atoms with Crippen LogP contribution in [0, 0.1) is 5.41 Å². The van der Waals surface area contributed by atoms with Crippen molar-refractivity contribution >= 4 is 11.8 Å². The largest absolute Gasteiger partial charge is 0.489 e. The molecule has 0 spiro atoms. The fourth-order valence-electron chi connectivity index (χ4n) is 3.23. The van der Waals surface area contributed by atoms with Gasteiger partial charge in [-0.25, -0.2) is 0 Å². The second-order valence-electron chi connectivity index (χ2n) is 9.77. The Kier molecular flexibility index (Phi) is 6.04. The lowest BCUT2D eigenvalue weighted by Gasteiger charge is -2.28. The number of hydrogen-bond acceptors (Lipinski definition) is 5. The first-order valence-electron chi connectivity index (χ1n) is 10.3. The van der Waals surface area contributed by atoms with Crippen LogP contribution in [-0.4, -0.2) is 36.5 Å². The zero-order valence-corrected chi connectivity index (χ0v) is 18.7. The number of fused-ring (bicyclic) bond motifs is 3. The second kappa shape index (κ2) is 8.23. The molecule has 0 heterocycles. The minimum Gasteiger partial charge on any atom is -0.489 e. The van der Waals surface area contributed by atoms with E-state index in [0.717, 1.165) is 11.1 Å². The fourth-order valence-corrected chi connectivity index (χ4v) is 3.23. The minimum atomic E-state index is -0.598. The molecule has 160 valence electrons. The van der Waals surface area contributed by atoms with Crippen molar-refractivity contribution in [3.05, 3.63) is 53.6 Å². The maximum Gasteiger partial charge on any atom is 0.311 e. The summed E-state index contributed by atoms with van der Waals surface area (Å²) in [6.07, 6.45) is -0.459. The van der Waals surface area contributed by atoms with Crippen LogP contribution in [0.15, 0.2) is 42.5 Å². The molecule has 2 aromatic carbocycles. The number of nitrogens with one attached hydrogen (secondary N) is 1. The van der Waals surface area contributed by atoms with Gasteiger partial charge in [0, 0.05) is 28.8 Å². The Bertz CT molecular complexity index is 950. The van der Waals surface area contributed by atoms with Gasteiger partial charge in [-0.3, -0.25) is 9.59 Å². The van der Waals surface area contributed by atoms with Crippen molar-refractivity contribution in [1.29, 1.82) is 0 Å². The van der Waals surface area contributed by atoms with E-state index in [-0.39, 0.29) is 23.9 Å². The first kappa shape index (κ1) is 22.0. The lowest BCUT2D eigenvalue weighted by Crippen LogP contribution is -2.45. The van der Waals surface area contributed by atoms with E-state index in [9.17, 15) is 9.59 Å². The van der Waals surface area contributed by atoms with Gasteiger partial charge in [0.05, 0.1) is 5.41 Å². The third-order valence-electron chi connectivity index (χ3n) is 4.88. The van der Waals surface area contributed by atoms with Crippen molar-refractivity contribution in [2.45, 2.75) is 53.2 Å². The predicted octanol–water partition coefficient (Wildman–Crippen LogP) is 4.62. The molecule has 5 heteroatoms. The summed E-state index contributed by atoms with van der Waals surface area (Å²) in [6.45, 7) is 12.3. The van der Waals surface area contributed by atoms with Crippen LogP contribution in [0.4, 0.5) is 0 Å². The molecule has 0 radical (unpaired) electrons. The van der Waals surface area contributed by atoms with Crippen LogP contribution in [0.1, 0.15) is 57.5 Å². The van der Waals surface area contributed by atoms with Gasteiger partial charge in [-0.2, -0.15) is 0 Å². The number of carbonyl (C=O) groups is 2. The molecule has 1 N–H and O–H groups in total. The highest BCUT2D eigenvalue weighted by molar-refractivity contribution is 6.22. The molecular formula is C25H31NO4. The van der Waals surface area contributed by atoms with E-state index in [2.05, 4.69) is 26.1 Å². The maximum absolute atomic E-state index is 12.7. The van der Waals surface area contributed by atoms with Crippen molar-refractivity contribution in [3.63, 3.8) is 0 Å². The molecule has 0 bridgehead atoms. The van der Waals surface area contributed by atoms with Gasteiger partial charge in [-0.1, -0.05) is 36.4 Å². The van der Waals surface area contributed by atoms with Crippen LogP contribution in [0.3, 0.4) is 0 Å². The van der Waals surface area contributed by atoms with E-state index in [1.807, 2.05) is 63.2 Å². The Morgan fingerprint density at radius 1 is 0.933 bits per heavy atom. The Labute approximate surface area is 178 Å². The molecule has 0 amide bonds. The monoisotopic (exact) mass is 409 g/mol. The molecule has 5 nitrogen and oxygen atoms in total. The zero-order chi connectivity index (χ0) is 22.1. The van der Waals surface area contributed by atoms with Crippen molar-refractivity contribution < 1.29 is 19.1 Å². The van der Waals surface area contributed by atoms with Gasteiger partial charge in [-0.05, 0) is 53.2 Å². The van der Waals surface area contributed by atoms with E-state index in [0.29, 0.717) is 23.4 Å². The van der Waals surface area contributed by atoms with Gasteiger partial charge in [-0.15, -0.1) is 0 Å². The van der Waals surface area contributed by atoms with Crippen LogP contribution < -0.4 is 10.1 Å². The highest BCUT2D eigenvalue weighted by Crippen LogP contribution is 2.42. The first-order valence-corrected chi connectivity index (χ1v) is 10.3. The van der Waals surface area contributed by atoms with Gasteiger partial charge >= 0.3 is 5.97 Å². The molecule has 1 unspecified atom stereocenters. The summed E-state index contributed by atoms with van der Waals surface area (Å²) in [7, 11) is 0. The van der Waals surface area contributed by atoms with E-state index in [4.69, 9.17) is 9.47 Å². The third-order valence-corrected chi connectivity index (χ3v) is 4.88. The average molecular weight is 410 g/mol. The summed E-state index contributed by atoms with van der Waals surface area (Å²) < 4.78 is 11.9. The van der Waals surface area contributed by atoms with Gasteiger partial charge < -0.3 is 14.8 Å². The third kappa shape index (κ3) is 4.90. The average Bonchev–Trinajstić information content (AvgIpc) is 2.96. The van der Waals surface area contributed by atoms with Gasteiger partial charge in [0.2, 0.25) is 0 Å². The topological polar surface area (TPSA) is 64.6 Å². The summed E-state index contributed by atoms with van der Waals surface area (Å²) in [6, 6.07) is 13.0. The molecule has 1 atom stereocenters. The Hall–Kier alpha value is -2.66. The van der Waals surface area contributed by atoms with Crippen LogP contribution >= 0.6 is 0 Å². The molecular weight excluding hydrogens is 378 g/mol. The molecule has 0 aromatic heterocycles. The maximum atomic E-state index is 12.7. The van der Waals surface area contributed by atoms with Crippen molar-refractivity contribution in [2.75, 3.05) is 13.2 Å². The minimum absolute atomic E-state index is 0.0103. The van der Waals surface area contributed by atoms with Crippen LogP contribution in [0.2, 0.25) is 0 Å². The molecule has 0 aliphatic heterocycles. The number of carbonyl (C=O) groups excluding carboxylic acids is 2. The van der Waals surface area contributed by atoms with Gasteiger partial charge in [0.25, 0.3) is 0 Å². The molecule has 0 saturated carbocycles. The zero-order valence-electron chi connectivity index (χ0n) is 18.7. The van der Waals surface area contributed by atoms with Gasteiger partial charge in [0.15, 0.2) is 5.78 Å². The number of esters is 1. The summed E-state index contributed by atoms with van der Waals surface area (Å²) in [5.74, 6) is 0.361. The predicted molar refractivity (Wildman–Crippen MR) is 118 cm³/mol. The first-order chi connectivity index (χ1) is 14.0. The molecule has 0 fully saturated rings. The van der Waals surface area contributed by atoms with Crippen molar-refractivity contribution in [2.24, 2.45) is 5.41 Å². The number of ketones is 1. The van der Waals surface area contributed by atoms with Crippen LogP contribution in [0.5, 0.6) is 5.75 Å². The lowest BCUT2D eigenvalue weighted by molar-refractivity contribution is -0.160. The van der Waals surface area contributed by atoms with Crippen molar-refractivity contribution in [3.8, 4) is 16.9 Å². The number of hydrogen-bond donors (Lipinski definition) is 1. The molecule has 1 aliphatic carbocycles. The highest BCUT2D eigenvalue weighted by atomic mass is 16.6.